The number of para-hydroxylation sites is 1. The third kappa shape index (κ3) is 1.86. The molecule has 0 unspecified atom stereocenters. The fourth-order valence-corrected chi connectivity index (χ4v) is 2.51. The molecule has 0 aliphatic carbocycles. The van der Waals surface area contributed by atoms with Gasteiger partial charge in [0, 0.05) is 18.0 Å². The number of nitrogens with zero attached hydrogens (tertiary/aromatic N) is 4. The lowest BCUT2D eigenvalue weighted by atomic mass is 10.2. The van der Waals surface area contributed by atoms with Crippen LogP contribution in [-0.2, 0) is 13.6 Å². The van der Waals surface area contributed by atoms with Gasteiger partial charge in [-0.3, -0.25) is 9.36 Å². The first-order valence-electron chi connectivity index (χ1n) is 5.97. The second-order valence-corrected chi connectivity index (χ2v) is 4.90. The Morgan fingerprint density at radius 1 is 1.26 bits per heavy atom. The number of anilines is 1. The van der Waals surface area contributed by atoms with E-state index in [2.05, 4.69) is 10.2 Å². The number of hydrogen-bond acceptors (Lipinski definition) is 3. The van der Waals surface area contributed by atoms with Gasteiger partial charge in [0.05, 0.1) is 17.8 Å². The first-order chi connectivity index (χ1) is 9.08. The molecule has 5 nitrogen and oxygen atoms in total. The Labute approximate surface area is 115 Å². The minimum Gasteiger partial charge on any atom is -0.382 e. The highest BCUT2D eigenvalue weighted by atomic mass is 35.5. The van der Waals surface area contributed by atoms with Gasteiger partial charge in [0.2, 0.25) is 0 Å². The first kappa shape index (κ1) is 12.0. The molecular formula is C13H14ClN5. The zero-order chi connectivity index (χ0) is 13.6. The third-order valence-corrected chi connectivity index (χ3v) is 3.74. The van der Waals surface area contributed by atoms with Crippen molar-refractivity contribution in [1.29, 1.82) is 0 Å². The van der Waals surface area contributed by atoms with E-state index in [0.717, 1.165) is 22.2 Å². The van der Waals surface area contributed by atoms with Crippen LogP contribution in [0.15, 0.2) is 24.3 Å². The number of halogens is 1. The fraction of sp³-hybridized carbons (Fsp3) is 0.231. The Hall–Kier alpha value is -2.01. The smallest absolute Gasteiger partial charge is 0.153 e. The van der Waals surface area contributed by atoms with Crippen LogP contribution in [0.1, 0.15) is 11.3 Å². The molecule has 0 radical (unpaired) electrons. The van der Waals surface area contributed by atoms with Crippen LogP contribution in [0.5, 0.6) is 0 Å². The van der Waals surface area contributed by atoms with Crippen LogP contribution >= 0.6 is 11.6 Å². The summed E-state index contributed by atoms with van der Waals surface area (Å²) in [6.07, 6.45) is 0. The molecule has 3 rings (SSSR count). The zero-order valence-electron chi connectivity index (χ0n) is 10.8. The summed E-state index contributed by atoms with van der Waals surface area (Å²) in [5.41, 5.74) is 8.80. The molecule has 2 heterocycles. The van der Waals surface area contributed by atoms with Crippen molar-refractivity contribution in [3.8, 4) is 0 Å². The number of rotatable bonds is 2. The molecule has 2 N–H and O–H groups in total. The van der Waals surface area contributed by atoms with E-state index in [1.165, 1.54) is 0 Å². The molecule has 0 aliphatic heterocycles. The summed E-state index contributed by atoms with van der Waals surface area (Å²) in [6.45, 7) is 2.51. The van der Waals surface area contributed by atoms with Gasteiger partial charge in [0.25, 0.3) is 0 Å². The zero-order valence-corrected chi connectivity index (χ0v) is 11.5. The quantitative estimate of drug-likeness (QED) is 0.781. The van der Waals surface area contributed by atoms with E-state index >= 15 is 0 Å². The highest BCUT2D eigenvalue weighted by molar-refractivity contribution is 6.30. The van der Waals surface area contributed by atoms with Crippen molar-refractivity contribution in [2.75, 3.05) is 5.73 Å². The Bertz CT molecular complexity index is 756. The highest BCUT2D eigenvalue weighted by Crippen LogP contribution is 2.24. The predicted octanol–water partition coefficient (Wildman–Crippen LogP) is 2.36. The van der Waals surface area contributed by atoms with Gasteiger partial charge in [-0.15, -0.1) is 0 Å². The maximum Gasteiger partial charge on any atom is 0.153 e. The van der Waals surface area contributed by atoms with E-state index in [4.69, 9.17) is 17.3 Å². The lowest BCUT2D eigenvalue weighted by molar-refractivity contribution is 0.712. The van der Waals surface area contributed by atoms with Crippen LogP contribution < -0.4 is 5.73 Å². The average Bonchev–Trinajstić information content (AvgIpc) is 2.83. The molecule has 0 atom stereocenters. The van der Waals surface area contributed by atoms with Gasteiger partial charge < -0.3 is 5.73 Å². The van der Waals surface area contributed by atoms with Crippen molar-refractivity contribution < 1.29 is 0 Å². The molecule has 6 heteroatoms. The molecule has 19 heavy (non-hydrogen) atoms. The molecule has 1 aromatic carbocycles. The number of fused-ring (bicyclic) bond motifs is 1. The maximum atomic E-state index is 6.25. The number of nitrogens with two attached hydrogens (primary N) is 1. The third-order valence-electron chi connectivity index (χ3n) is 3.26. The molecule has 0 saturated carbocycles. The molecule has 0 saturated heterocycles. The lowest BCUT2D eigenvalue weighted by Gasteiger charge is -2.03. The Morgan fingerprint density at radius 3 is 2.68 bits per heavy atom. The molecule has 0 amide bonds. The van der Waals surface area contributed by atoms with E-state index in [1.807, 2.05) is 42.9 Å². The standard InChI is InChI=1S/C13H14ClN5/c1-8-10(12(14)18(2)16-8)7-19-11-6-4-3-5-9(11)13(15)17-19/h3-6H,7H2,1-2H3,(H2,15,17). The van der Waals surface area contributed by atoms with E-state index in [-0.39, 0.29) is 0 Å². The lowest BCUT2D eigenvalue weighted by Crippen LogP contribution is -2.03. The molecule has 0 aliphatic rings. The minimum atomic E-state index is 0.535. The summed E-state index contributed by atoms with van der Waals surface area (Å²) in [6, 6.07) is 7.88. The second-order valence-electron chi connectivity index (χ2n) is 4.54. The van der Waals surface area contributed by atoms with E-state index in [1.54, 1.807) is 4.68 Å². The molecule has 0 spiro atoms. The van der Waals surface area contributed by atoms with Gasteiger partial charge in [-0.1, -0.05) is 23.7 Å². The average molecular weight is 276 g/mol. The van der Waals surface area contributed by atoms with Crippen LogP contribution in [0.4, 0.5) is 5.82 Å². The van der Waals surface area contributed by atoms with E-state index < -0.39 is 0 Å². The van der Waals surface area contributed by atoms with E-state index in [0.29, 0.717) is 17.5 Å². The topological polar surface area (TPSA) is 61.7 Å². The van der Waals surface area contributed by atoms with Crippen molar-refractivity contribution in [2.45, 2.75) is 13.5 Å². The number of nitrogen functional groups attached to an aromatic ring is 1. The van der Waals surface area contributed by atoms with Crippen LogP contribution in [0.2, 0.25) is 5.15 Å². The normalized spacial score (nSPS) is 11.3. The molecule has 98 valence electrons. The summed E-state index contributed by atoms with van der Waals surface area (Å²) < 4.78 is 3.53. The summed E-state index contributed by atoms with van der Waals surface area (Å²) in [7, 11) is 1.83. The predicted molar refractivity (Wildman–Crippen MR) is 76.2 cm³/mol. The van der Waals surface area contributed by atoms with Gasteiger partial charge in [-0.05, 0) is 19.1 Å². The highest BCUT2D eigenvalue weighted by Gasteiger charge is 2.14. The fourth-order valence-electron chi connectivity index (χ4n) is 2.28. The largest absolute Gasteiger partial charge is 0.382 e. The second kappa shape index (κ2) is 4.28. The van der Waals surface area contributed by atoms with Gasteiger partial charge in [0.1, 0.15) is 5.15 Å². The van der Waals surface area contributed by atoms with Crippen LogP contribution in [0, 0.1) is 6.92 Å². The Balaban J connectivity index is 2.11. The number of aromatic nitrogens is 4. The van der Waals surface area contributed by atoms with Crippen molar-refractivity contribution in [1.82, 2.24) is 19.6 Å². The van der Waals surface area contributed by atoms with Gasteiger partial charge in [-0.2, -0.15) is 10.2 Å². The molecular weight excluding hydrogens is 262 g/mol. The Morgan fingerprint density at radius 2 is 2.00 bits per heavy atom. The van der Waals surface area contributed by atoms with Crippen molar-refractivity contribution >= 4 is 28.3 Å². The van der Waals surface area contributed by atoms with Gasteiger partial charge in [-0.25, -0.2) is 0 Å². The molecule has 3 aromatic rings. The first-order valence-corrected chi connectivity index (χ1v) is 6.34. The summed E-state index contributed by atoms with van der Waals surface area (Å²) in [5.74, 6) is 0.535. The van der Waals surface area contributed by atoms with Gasteiger partial charge in [0.15, 0.2) is 5.82 Å². The summed E-state index contributed by atoms with van der Waals surface area (Å²) in [4.78, 5) is 0. The minimum absolute atomic E-state index is 0.535. The van der Waals surface area contributed by atoms with Crippen LogP contribution in [0.25, 0.3) is 10.9 Å². The van der Waals surface area contributed by atoms with Crippen molar-refractivity contribution in [3.63, 3.8) is 0 Å². The van der Waals surface area contributed by atoms with Crippen LogP contribution in [-0.4, -0.2) is 19.6 Å². The van der Waals surface area contributed by atoms with Crippen molar-refractivity contribution in [3.05, 3.63) is 40.7 Å². The Kier molecular flexibility index (Phi) is 2.71. The summed E-state index contributed by atoms with van der Waals surface area (Å²) >= 11 is 6.25. The number of aryl methyl sites for hydroxylation is 2. The van der Waals surface area contributed by atoms with Crippen LogP contribution in [0.3, 0.4) is 0 Å². The molecule has 0 fully saturated rings. The van der Waals surface area contributed by atoms with Crippen molar-refractivity contribution in [2.24, 2.45) is 7.05 Å². The summed E-state index contributed by atoms with van der Waals surface area (Å²) in [5, 5.41) is 10.3. The SMILES string of the molecule is Cc1nn(C)c(Cl)c1Cn1nc(N)c2ccccc21. The molecule has 0 bridgehead atoms. The van der Waals surface area contributed by atoms with E-state index in [9.17, 15) is 0 Å². The molecule has 2 aromatic heterocycles. The maximum absolute atomic E-state index is 6.25. The number of benzene rings is 1. The number of hydrogen-bond donors (Lipinski definition) is 1. The monoisotopic (exact) mass is 275 g/mol. The van der Waals surface area contributed by atoms with Gasteiger partial charge >= 0.3 is 0 Å².